The number of rotatable bonds is 4. The third-order valence-electron chi connectivity index (χ3n) is 3.48. The quantitative estimate of drug-likeness (QED) is 0.346. The Bertz CT molecular complexity index is 664. The van der Waals surface area contributed by atoms with Crippen LogP contribution in [0.25, 0.3) is 9.81 Å². The third kappa shape index (κ3) is 5.71. The summed E-state index contributed by atoms with van der Waals surface area (Å²) < 4.78 is 0. The van der Waals surface area contributed by atoms with Crippen molar-refractivity contribution in [3.05, 3.63) is 70.3 Å². The lowest BCUT2D eigenvalue weighted by Gasteiger charge is -2.11. The molecule has 0 unspecified atom stereocenters. The fourth-order valence-corrected chi connectivity index (χ4v) is 3.29. The van der Waals surface area contributed by atoms with Crippen molar-refractivity contribution in [2.24, 2.45) is 5.73 Å². The first-order chi connectivity index (χ1) is 11.0. The zero-order valence-electron chi connectivity index (χ0n) is 13.8. The Morgan fingerprint density at radius 1 is 0.957 bits per heavy atom. The second kappa shape index (κ2) is 10.2. The highest BCUT2D eigenvalue weighted by molar-refractivity contribution is 9.09. The normalized spacial score (nSPS) is 11.4. The van der Waals surface area contributed by atoms with Crippen LogP contribution in [0, 0.1) is 13.8 Å². The molecule has 2 N–H and O–H groups in total. The molecule has 23 heavy (non-hydrogen) atoms. The van der Waals surface area contributed by atoms with E-state index in [2.05, 4.69) is 90.6 Å². The summed E-state index contributed by atoms with van der Waals surface area (Å²) in [5.74, 6) is 0. The van der Waals surface area contributed by atoms with E-state index in [4.69, 9.17) is 12.6 Å². The lowest BCUT2D eigenvalue weighted by molar-refractivity contribution is 1.17. The molecular weight excluding hydrogens is 386 g/mol. The van der Waals surface area contributed by atoms with Gasteiger partial charge < -0.3 is 5.73 Å². The van der Waals surface area contributed by atoms with Gasteiger partial charge in [-0.05, 0) is 49.6 Å². The van der Waals surface area contributed by atoms with Gasteiger partial charge in [-0.2, -0.15) is 0 Å². The molecule has 124 valence electrons. The second-order valence-electron chi connectivity index (χ2n) is 5.15. The highest BCUT2D eigenvalue weighted by atomic mass is 79.9. The van der Waals surface area contributed by atoms with Gasteiger partial charge in [0.05, 0.1) is 0 Å². The predicted molar refractivity (Wildman–Crippen MR) is 115 cm³/mol. The van der Waals surface area contributed by atoms with Crippen LogP contribution in [-0.2, 0) is 6.42 Å². The van der Waals surface area contributed by atoms with Crippen molar-refractivity contribution in [2.45, 2.75) is 20.3 Å². The number of nitrogens with two attached hydrogens (primary N) is 1. The Balaban J connectivity index is 0.00000127. The van der Waals surface area contributed by atoms with Crippen molar-refractivity contribution < 1.29 is 0 Å². The van der Waals surface area contributed by atoms with Crippen LogP contribution in [0.5, 0.6) is 0 Å². The summed E-state index contributed by atoms with van der Waals surface area (Å²) in [6.07, 6.45) is 1.04. The summed E-state index contributed by atoms with van der Waals surface area (Å²) in [5, 5.41) is 0.982. The molecule has 0 spiro atoms. The Morgan fingerprint density at radius 2 is 1.57 bits per heavy atom. The number of alkyl halides is 1. The molecule has 2 aromatic carbocycles. The fraction of sp³-hybridized carbons (Fsp3) is 0.263. The topological polar surface area (TPSA) is 26.0 Å². The van der Waals surface area contributed by atoms with Gasteiger partial charge in [0, 0.05) is 15.1 Å². The summed E-state index contributed by atoms with van der Waals surface area (Å²) in [6, 6.07) is 14.9. The minimum Gasteiger partial charge on any atom is -0.333 e. The van der Waals surface area contributed by atoms with E-state index in [9.17, 15) is 0 Å². The number of hydrogen-bond donors (Lipinski definition) is 3. The van der Waals surface area contributed by atoms with Crippen LogP contribution in [0.3, 0.4) is 0 Å². The third-order valence-corrected chi connectivity index (χ3v) is 5.00. The number of hydrogen-bond acceptors (Lipinski definition) is 3. The monoisotopic (exact) mass is 409 g/mol. The van der Waals surface area contributed by atoms with Crippen molar-refractivity contribution in [1.82, 2.24) is 0 Å². The summed E-state index contributed by atoms with van der Waals surface area (Å²) in [4.78, 5) is 1.84. The van der Waals surface area contributed by atoms with E-state index in [-0.39, 0.29) is 0 Å². The molecule has 0 saturated carbocycles. The summed E-state index contributed by atoms with van der Waals surface area (Å²) in [6.45, 7) is 4.20. The smallest absolute Gasteiger partial charge is 0.0255 e. The van der Waals surface area contributed by atoms with Crippen LogP contribution in [0.15, 0.2) is 42.5 Å². The molecule has 0 fully saturated rings. The van der Waals surface area contributed by atoms with E-state index in [1.165, 1.54) is 23.7 Å². The number of aryl methyl sites for hydroxylation is 3. The van der Waals surface area contributed by atoms with Crippen molar-refractivity contribution in [3.8, 4) is 0 Å². The molecule has 1 nitrogen and oxygen atoms in total. The van der Waals surface area contributed by atoms with Crippen molar-refractivity contribution >= 4 is 51.0 Å². The van der Waals surface area contributed by atoms with E-state index in [0.29, 0.717) is 0 Å². The minimum atomic E-state index is 0.914. The van der Waals surface area contributed by atoms with Gasteiger partial charge in [0.2, 0.25) is 0 Å². The van der Waals surface area contributed by atoms with Gasteiger partial charge in [0.1, 0.15) is 0 Å². The predicted octanol–water partition coefficient (Wildman–Crippen LogP) is 5.50. The number of halogens is 1. The Labute approximate surface area is 159 Å². The van der Waals surface area contributed by atoms with E-state index in [1.807, 2.05) is 0 Å². The molecule has 0 aromatic heterocycles. The Morgan fingerprint density at radius 3 is 2.13 bits per heavy atom. The van der Waals surface area contributed by atoms with Gasteiger partial charge in [0.25, 0.3) is 0 Å². The Kier molecular flexibility index (Phi) is 9.07. The highest BCUT2D eigenvalue weighted by Crippen LogP contribution is 2.34. The highest BCUT2D eigenvalue weighted by Gasteiger charge is 2.08. The molecule has 0 heterocycles. The maximum Gasteiger partial charge on any atom is 0.0255 e. The van der Waals surface area contributed by atoms with Gasteiger partial charge in [-0.15, -0.1) is 25.3 Å². The van der Waals surface area contributed by atoms with E-state index in [0.717, 1.165) is 32.7 Å². The number of thiol groups is 2. The van der Waals surface area contributed by atoms with E-state index < -0.39 is 0 Å². The molecule has 2 rings (SSSR count). The zero-order valence-corrected chi connectivity index (χ0v) is 17.2. The van der Waals surface area contributed by atoms with E-state index >= 15 is 0 Å². The summed E-state index contributed by atoms with van der Waals surface area (Å²) >= 11 is 12.9. The average Bonchev–Trinajstić information content (AvgIpc) is 2.58. The van der Waals surface area contributed by atoms with Gasteiger partial charge >= 0.3 is 0 Å². The maximum absolute atomic E-state index is 4.71. The lowest BCUT2D eigenvalue weighted by atomic mass is 10.0. The van der Waals surface area contributed by atoms with E-state index in [1.54, 1.807) is 0 Å². The molecule has 4 heteroatoms. The van der Waals surface area contributed by atoms with Crippen LogP contribution in [0.2, 0.25) is 0 Å². The molecule has 2 aromatic rings. The van der Waals surface area contributed by atoms with Gasteiger partial charge in [0.15, 0.2) is 0 Å². The van der Waals surface area contributed by atoms with Crippen molar-refractivity contribution in [3.63, 3.8) is 0 Å². The van der Waals surface area contributed by atoms with Crippen molar-refractivity contribution in [2.75, 3.05) is 12.4 Å². The lowest BCUT2D eigenvalue weighted by Crippen LogP contribution is -1.90. The second-order valence-corrected chi connectivity index (χ2v) is 6.84. The average molecular weight is 410 g/mol. The summed E-state index contributed by atoms with van der Waals surface area (Å²) in [7, 11) is 1.50. The van der Waals surface area contributed by atoms with Gasteiger partial charge in [-0.25, -0.2) is 0 Å². The summed E-state index contributed by atoms with van der Waals surface area (Å²) in [5.41, 5.74) is 10.5. The molecule has 0 aliphatic carbocycles. The standard InChI is InChI=1S/C18H19BrS2.CH5N/c1-12-3-4-13(2)16(11-12)18(21)17(20)15-7-5-14(6-8-15)9-10-19;1-2/h3-8,11,20-21H,9-10H2,1-2H3;2H2,1H3/b18-17-;. The molecule has 0 saturated heterocycles. The minimum absolute atomic E-state index is 0.914. The molecular formula is C19H24BrNS2. The molecule has 0 bridgehead atoms. The first-order valence-corrected chi connectivity index (χ1v) is 9.47. The molecule has 0 atom stereocenters. The molecule has 0 aliphatic heterocycles. The first kappa shape index (κ1) is 20.4. The SMILES string of the molecule is CN.Cc1ccc(C)c(/C(S)=C(/S)c2ccc(CCBr)cc2)c1. The van der Waals surface area contributed by atoms with Crippen LogP contribution < -0.4 is 5.73 Å². The van der Waals surface area contributed by atoms with Crippen molar-refractivity contribution in [1.29, 1.82) is 0 Å². The van der Waals surface area contributed by atoms with Crippen LogP contribution >= 0.6 is 41.2 Å². The number of benzene rings is 2. The maximum atomic E-state index is 4.71. The molecule has 0 amide bonds. The van der Waals surface area contributed by atoms with Crippen LogP contribution in [0.4, 0.5) is 0 Å². The fourth-order valence-electron chi connectivity index (χ4n) is 2.19. The van der Waals surface area contributed by atoms with Gasteiger partial charge in [-0.1, -0.05) is 64.0 Å². The van der Waals surface area contributed by atoms with Crippen LogP contribution in [-0.4, -0.2) is 12.4 Å². The Hall–Kier alpha value is -0.680. The van der Waals surface area contributed by atoms with Gasteiger partial charge in [-0.3, -0.25) is 0 Å². The molecule has 0 radical (unpaired) electrons. The first-order valence-electron chi connectivity index (χ1n) is 7.45. The van der Waals surface area contributed by atoms with Crippen LogP contribution in [0.1, 0.15) is 27.8 Å². The zero-order chi connectivity index (χ0) is 17.4. The molecule has 0 aliphatic rings. The largest absolute Gasteiger partial charge is 0.333 e.